The van der Waals surface area contributed by atoms with Crippen LogP contribution in [0.1, 0.15) is 0 Å². The van der Waals surface area contributed by atoms with Crippen molar-refractivity contribution in [3.05, 3.63) is 0 Å². The minimum atomic E-state index is 0. The second-order valence-electron chi connectivity index (χ2n) is 0.989. The van der Waals surface area contributed by atoms with Gasteiger partial charge in [-0.1, -0.05) is 0 Å². The Balaban J connectivity index is 0. The van der Waals surface area contributed by atoms with Crippen molar-refractivity contribution in [2.24, 2.45) is 4.99 Å². The predicted molar refractivity (Wildman–Crippen MR) is 35.9 cm³/mol. The van der Waals surface area contributed by atoms with Crippen LogP contribution in [0.4, 0.5) is 0 Å². The quantitative estimate of drug-likeness (QED) is 0.523. The Morgan fingerprint density at radius 2 is 2.14 bits per heavy atom. The summed E-state index contributed by atoms with van der Waals surface area (Å²) in [6.45, 7) is 1.99. The largest absolute Gasteiger partial charge is 0.375 e. The fourth-order valence-corrected chi connectivity index (χ4v) is 0.323. The molecule has 0 saturated heterocycles. The highest BCUT2D eigenvalue weighted by atomic mass is 35.5. The molecule has 0 amide bonds. The van der Waals surface area contributed by atoms with Gasteiger partial charge in [0.2, 0.25) is 0 Å². The van der Waals surface area contributed by atoms with E-state index >= 15 is 0 Å². The van der Waals surface area contributed by atoms with Crippen LogP contribution in [0.3, 0.4) is 0 Å². The maximum atomic E-state index is 3.85. The molecule has 2 nitrogen and oxygen atoms in total. The molecule has 7 heavy (non-hydrogen) atoms. The third-order valence-corrected chi connectivity index (χ3v) is 0.568. The Morgan fingerprint density at radius 3 is 2.29 bits per heavy atom. The van der Waals surface area contributed by atoms with E-state index in [2.05, 4.69) is 10.3 Å². The molecule has 1 heterocycles. The highest BCUT2D eigenvalue weighted by Gasteiger charge is 1.82. The van der Waals surface area contributed by atoms with Crippen LogP contribution in [0.5, 0.6) is 0 Å². The van der Waals surface area contributed by atoms with Gasteiger partial charge in [0.15, 0.2) is 0 Å². The van der Waals surface area contributed by atoms with Gasteiger partial charge >= 0.3 is 0 Å². The summed E-state index contributed by atoms with van der Waals surface area (Å²) in [5, 5.41) is 2.93. The molecule has 4 heteroatoms. The molecule has 44 valence electrons. The van der Waals surface area contributed by atoms with Crippen molar-refractivity contribution >= 4 is 31.2 Å². The third kappa shape index (κ3) is 3.89. The second-order valence-corrected chi connectivity index (χ2v) is 0.989. The predicted octanol–water partition coefficient (Wildman–Crippen LogP) is 0.461. The number of nitrogens with zero attached hydrogens (tertiary/aromatic N) is 1. The zero-order valence-electron chi connectivity index (χ0n) is 3.76. The highest BCUT2D eigenvalue weighted by Crippen LogP contribution is 1.68. The third-order valence-electron chi connectivity index (χ3n) is 0.568. The zero-order chi connectivity index (χ0) is 3.54. The first-order valence-corrected chi connectivity index (χ1v) is 1.72. The first-order chi connectivity index (χ1) is 2.50. The normalized spacial score (nSPS) is 13.7. The van der Waals surface area contributed by atoms with E-state index in [-0.39, 0.29) is 24.8 Å². The van der Waals surface area contributed by atoms with Gasteiger partial charge < -0.3 is 5.32 Å². The summed E-state index contributed by atoms with van der Waals surface area (Å²) in [6, 6.07) is 0. The van der Waals surface area contributed by atoms with Gasteiger partial charge in [0.25, 0.3) is 0 Å². The van der Waals surface area contributed by atoms with Crippen molar-refractivity contribution < 1.29 is 0 Å². The van der Waals surface area contributed by atoms with E-state index in [1.165, 1.54) is 0 Å². The van der Waals surface area contributed by atoms with E-state index in [1.54, 1.807) is 6.34 Å². The van der Waals surface area contributed by atoms with Crippen LogP contribution in [-0.4, -0.2) is 19.4 Å². The standard InChI is InChI=1S/C3H6N2.2ClH/c1-2-5-3-4-1;;/h3H,1-2H2,(H,4,5);2*1H. The van der Waals surface area contributed by atoms with E-state index in [1.807, 2.05) is 0 Å². The molecule has 1 rings (SSSR count). The van der Waals surface area contributed by atoms with E-state index in [9.17, 15) is 0 Å². The number of nitrogens with one attached hydrogen (secondary N) is 1. The fourth-order valence-electron chi connectivity index (χ4n) is 0.323. The summed E-state index contributed by atoms with van der Waals surface area (Å²) < 4.78 is 0. The van der Waals surface area contributed by atoms with Crippen molar-refractivity contribution in [1.82, 2.24) is 5.32 Å². The van der Waals surface area contributed by atoms with Crippen molar-refractivity contribution in [3.8, 4) is 0 Å². The molecule has 0 unspecified atom stereocenters. The van der Waals surface area contributed by atoms with Gasteiger partial charge in [-0.15, -0.1) is 24.8 Å². The number of aliphatic imine (C=N–C) groups is 1. The monoisotopic (exact) mass is 142 g/mol. The molecule has 0 aliphatic carbocycles. The molecule has 0 atom stereocenters. The van der Waals surface area contributed by atoms with Crippen LogP contribution in [0.15, 0.2) is 4.99 Å². The van der Waals surface area contributed by atoms with E-state index in [0.29, 0.717) is 0 Å². The molecule has 0 radical (unpaired) electrons. The minimum absolute atomic E-state index is 0. The maximum Gasteiger partial charge on any atom is 0.0825 e. The molecule has 0 spiro atoms. The lowest BCUT2D eigenvalue weighted by atomic mass is 10.7. The molecule has 0 aromatic rings. The topological polar surface area (TPSA) is 24.4 Å². The number of rotatable bonds is 0. The summed E-state index contributed by atoms with van der Waals surface area (Å²) in [7, 11) is 0. The molecule has 0 aromatic heterocycles. The molecular weight excluding hydrogens is 135 g/mol. The SMILES string of the molecule is C1=NCCN1.Cl.Cl. The van der Waals surface area contributed by atoms with Gasteiger partial charge in [0, 0.05) is 6.54 Å². The average Bonchev–Trinajstić information content (AvgIpc) is 1.76. The zero-order valence-corrected chi connectivity index (χ0v) is 5.39. The lowest BCUT2D eigenvalue weighted by Gasteiger charge is -1.75. The van der Waals surface area contributed by atoms with Crippen molar-refractivity contribution in [3.63, 3.8) is 0 Å². The van der Waals surface area contributed by atoms with Gasteiger partial charge in [-0.25, -0.2) is 0 Å². The van der Waals surface area contributed by atoms with Gasteiger partial charge in [0.05, 0.1) is 12.9 Å². The fraction of sp³-hybridized carbons (Fsp3) is 0.667. The summed E-state index contributed by atoms with van der Waals surface area (Å²) in [5.74, 6) is 0. The Hall–Kier alpha value is 0.0500. The van der Waals surface area contributed by atoms with Crippen LogP contribution in [0.2, 0.25) is 0 Å². The number of hydrogen-bond donors (Lipinski definition) is 1. The average molecular weight is 143 g/mol. The molecule has 0 fully saturated rings. The minimum Gasteiger partial charge on any atom is -0.375 e. The van der Waals surface area contributed by atoms with Crippen LogP contribution >= 0.6 is 24.8 Å². The Morgan fingerprint density at radius 1 is 1.43 bits per heavy atom. The summed E-state index contributed by atoms with van der Waals surface area (Å²) in [4.78, 5) is 3.85. The molecule has 1 aliphatic heterocycles. The molecule has 0 bridgehead atoms. The van der Waals surface area contributed by atoms with Crippen molar-refractivity contribution in [2.75, 3.05) is 13.1 Å². The summed E-state index contributed by atoms with van der Waals surface area (Å²) in [6.07, 6.45) is 1.74. The van der Waals surface area contributed by atoms with Crippen LogP contribution in [0.25, 0.3) is 0 Å². The second kappa shape index (κ2) is 6.05. The van der Waals surface area contributed by atoms with Gasteiger partial charge in [-0.3, -0.25) is 4.99 Å². The number of halogens is 2. The molecular formula is C3H8Cl2N2. The van der Waals surface area contributed by atoms with Gasteiger partial charge in [-0.2, -0.15) is 0 Å². The van der Waals surface area contributed by atoms with E-state index < -0.39 is 0 Å². The first-order valence-electron chi connectivity index (χ1n) is 1.72. The molecule has 1 N–H and O–H groups in total. The lowest BCUT2D eigenvalue weighted by Crippen LogP contribution is -2.04. The Labute approximate surface area is 55.2 Å². The molecule has 0 saturated carbocycles. The van der Waals surface area contributed by atoms with Crippen LogP contribution in [0, 0.1) is 0 Å². The Kier molecular flexibility index (Phi) is 8.75. The van der Waals surface area contributed by atoms with Gasteiger partial charge in [0.1, 0.15) is 0 Å². The smallest absolute Gasteiger partial charge is 0.0825 e. The number of hydrogen-bond acceptors (Lipinski definition) is 2. The first kappa shape index (κ1) is 10.1. The molecule has 1 aliphatic rings. The summed E-state index contributed by atoms with van der Waals surface area (Å²) in [5.41, 5.74) is 0. The van der Waals surface area contributed by atoms with Crippen LogP contribution in [-0.2, 0) is 0 Å². The van der Waals surface area contributed by atoms with E-state index in [4.69, 9.17) is 0 Å². The molecule has 0 aromatic carbocycles. The van der Waals surface area contributed by atoms with Crippen LogP contribution < -0.4 is 5.32 Å². The maximum absolute atomic E-state index is 3.85. The highest BCUT2D eigenvalue weighted by molar-refractivity contribution is 5.85. The summed E-state index contributed by atoms with van der Waals surface area (Å²) >= 11 is 0. The van der Waals surface area contributed by atoms with Crippen molar-refractivity contribution in [1.29, 1.82) is 0 Å². The van der Waals surface area contributed by atoms with Gasteiger partial charge in [-0.05, 0) is 0 Å². The van der Waals surface area contributed by atoms with E-state index in [0.717, 1.165) is 13.1 Å². The van der Waals surface area contributed by atoms with Crippen molar-refractivity contribution in [2.45, 2.75) is 0 Å². The Bertz CT molecular complexity index is 48.9. The lowest BCUT2D eigenvalue weighted by molar-refractivity contribution is 0.965.